The van der Waals surface area contributed by atoms with Crippen LogP contribution in [-0.4, -0.2) is 50.2 Å². The van der Waals surface area contributed by atoms with E-state index in [1.807, 2.05) is 11.9 Å². The minimum absolute atomic E-state index is 0.195. The summed E-state index contributed by atoms with van der Waals surface area (Å²) >= 11 is 0. The first-order chi connectivity index (χ1) is 6.79. The zero-order valence-corrected chi connectivity index (χ0v) is 8.66. The monoisotopic (exact) mass is 198 g/mol. The summed E-state index contributed by atoms with van der Waals surface area (Å²) in [5.41, 5.74) is 0. The summed E-state index contributed by atoms with van der Waals surface area (Å²) in [7, 11) is 1.90. The smallest absolute Gasteiger partial charge is 0.227 e. The number of amides is 1. The fraction of sp³-hybridized carbons (Fsp3) is 0.900. The van der Waals surface area contributed by atoms with Crippen molar-refractivity contribution in [1.82, 2.24) is 10.2 Å². The van der Waals surface area contributed by atoms with Crippen LogP contribution in [0.25, 0.3) is 0 Å². The van der Waals surface area contributed by atoms with Crippen LogP contribution < -0.4 is 5.32 Å². The molecule has 0 radical (unpaired) electrons. The van der Waals surface area contributed by atoms with Crippen LogP contribution in [-0.2, 0) is 9.53 Å². The second kappa shape index (κ2) is 4.28. The Morgan fingerprint density at radius 2 is 2.36 bits per heavy atom. The van der Waals surface area contributed by atoms with Crippen LogP contribution in [0.3, 0.4) is 0 Å². The maximum Gasteiger partial charge on any atom is 0.227 e. The Morgan fingerprint density at radius 1 is 1.50 bits per heavy atom. The molecule has 2 heterocycles. The molecule has 0 aromatic carbocycles. The van der Waals surface area contributed by atoms with Crippen molar-refractivity contribution in [3.63, 3.8) is 0 Å². The first-order valence-corrected chi connectivity index (χ1v) is 5.34. The van der Waals surface area contributed by atoms with Gasteiger partial charge in [-0.2, -0.15) is 0 Å². The van der Waals surface area contributed by atoms with Crippen LogP contribution in [0.1, 0.15) is 12.8 Å². The maximum absolute atomic E-state index is 12.0. The summed E-state index contributed by atoms with van der Waals surface area (Å²) in [6.45, 7) is 3.33. The first kappa shape index (κ1) is 9.93. The molecule has 14 heavy (non-hydrogen) atoms. The molecule has 1 unspecified atom stereocenters. The lowest BCUT2D eigenvalue weighted by Gasteiger charge is -2.25. The van der Waals surface area contributed by atoms with E-state index in [4.69, 9.17) is 4.74 Å². The minimum Gasteiger partial charge on any atom is -0.379 e. The molecular weight excluding hydrogens is 180 g/mol. The van der Waals surface area contributed by atoms with Gasteiger partial charge in [-0.25, -0.2) is 0 Å². The molecule has 4 heteroatoms. The molecule has 0 aromatic rings. The molecule has 2 fully saturated rings. The summed E-state index contributed by atoms with van der Waals surface area (Å²) in [6.07, 6.45) is 1.97. The predicted octanol–water partition coefficient (Wildman–Crippen LogP) is -0.157. The standard InChI is InChI=1S/C10H18N2O2/c1-12(9-3-5-14-7-9)10(13)8-2-4-11-6-8/h8-9,11H,2-7H2,1H3/t8-,9?/m0/s1. The van der Waals surface area contributed by atoms with Crippen molar-refractivity contribution in [2.45, 2.75) is 18.9 Å². The highest BCUT2D eigenvalue weighted by atomic mass is 16.5. The summed E-state index contributed by atoms with van der Waals surface area (Å²) in [5, 5.41) is 3.22. The lowest BCUT2D eigenvalue weighted by molar-refractivity contribution is -0.135. The zero-order valence-electron chi connectivity index (χ0n) is 8.66. The highest BCUT2D eigenvalue weighted by Crippen LogP contribution is 2.16. The summed E-state index contributed by atoms with van der Waals surface area (Å²) < 4.78 is 5.28. The molecule has 2 aliphatic rings. The third-order valence-electron chi connectivity index (χ3n) is 3.21. The van der Waals surface area contributed by atoms with Crippen molar-refractivity contribution < 1.29 is 9.53 Å². The van der Waals surface area contributed by atoms with Gasteiger partial charge in [-0.15, -0.1) is 0 Å². The minimum atomic E-state index is 0.195. The average Bonchev–Trinajstić information content (AvgIpc) is 2.87. The second-order valence-corrected chi connectivity index (χ2v) is 4.16. The quantitative estimate of drug-likeness (QED) is 0.670. The Hall–Kier alpha value is -0.610. The third-order valence-corrected chi connectivity index (χ3v) is 3.21. The van der Waals surface area contributed by atoms with Gasteiger partial charge in [0.05, 0.1) is 18.6 Å². The van der Waals surface area contributed by atoms with Crippen molar-refractivity contribution in [2.75, 3.05) is 33.4 Å². The van der Waals surface area contributed by atoms with Crippen molar-refractivity contribution in [1.29, 1.82) is 0 Å². The molecule has 0 saturated carbocycles. The van der Waals surface area contributed by atoms with Crippen molar-refractivity contribution >= 4 is 5.91 Å². The molecule has 2 aliphatic heterocycles. The lowest BCUT2D eigenvalue weighted by atomic mass is 10.1. The zero-order chi connectivity index (χ0) is 9.97. The number of nitrogens with one attached hydrogen (secondary N) is 1. The largest absolute Gasteiger partial charge is 0.379 e. The Morgan fingerprint density at radius 3 is 2.93 bits per heavy atom. The van der Waals surface area contributed by atoms with Gasteiger partial charge in [0.25, 0.3) is 0 Å². The number of hydrogen-bond donors (Lipinski definition) is 1. The van der Waals surface area contributed by atoms with E-state index in [1.165, 1.54) is 0 Å². The lowest BCUT2D eigenvalue weighted by Crippen LogP contribution is -2.41. The van der Waals surface area contributed by atoms with E-state index >= 15 is 0 Å². The van der Waals surface area contributed by atoms with Crippen LogP contribution >= 0.6 is 0 Å². The topological polar surface area (TPSA) is 41.6 Å². The van der Waals surface area contributed by atoms with E-state index in [2.05, 4.69) is 5.32 Å². The Bertz CT molecular complexity index is 208. The summed E-state index contributed by atoms with van der Waals surface area (Å²) in [5.74, 6) is 0.478. The Kier molecular flexibility index (Phi) is 3.03. The molecule has 1 amide bonds. The number of carbonyl (C=O) groups is 1. The fourth-order valence-electron chi connectivity index (χ4n) is 2.16. The molecule has 0 aliphatic carbocycles. The van der Waals surface area contributed by atoms with Gasteiger partial charge < -0.3 is 15.0 Å². The van der Waals surface area contributed by atoms with E-state index in [0.717, 1.165) is 32.5 Å². The number of carbonyl (C=O) groups excluding carboxylic acids is 1. The van der Waals surface area contributed by atoms with Crippen LogP contribution in [0.15, 0.2) is 0 Å². The predicted molar refractivity (Wildman–Crippen MR) is 53.0 cm³/mol. The fourth-order valence-corrected chi connectivity index (χ4v) is 2.16. The Labute approximate surface area is 84.6 Å². The number of likely N-dealkylation sites (N-methyl/N-ethyl adjacent to an activating group) is 1. The van der Waals surface area contributed by atoms with Gasteiger partial charge in [-0.3, -0.25) is 4.79 Å². The SMILES string of the molecule is CN(C(=O)[C@H]1CCNC1)C1CCOC1. The molecule has 0 aromatic heterocycles. The van der Waals surface area contributed by atoms with Gasteiger partial charge in [0, 0.05) is 20.2 Å². The molecule has 0 spiro atoms. The number of ether oxygens (including phenoxy) is 1. The van der Waals surface area contributed by atoms with E-state index in [9.17, 15) is 4.79 Å². The van der Waals surface area contributed by atoms with E-state index < -0.39 is 0 Å². The number of nitrogens with zero attached hydrogens (tertiary/aromatic N) is 1. The number of rotatable bonds is 2. The van der Waals surface area contributed by atoms with Gasteiger partial charge >= 0.3 is 0 Å². The Balaban J connectivity index is 1.89. The van der Waals surface area contributed by atoms with E-state index in [-0.39, 0.29) is 11.8 Å². The average molecular weight is 198 g/mol. The van der Waals surface area contributed by atoms with Crippen LogP contribution in [0.4, 0.5) is 0 Å². The molecule has 2 rings (SSSR count). The van der Waals surface area contributed by atoms with E-state index in [1.54, 1.807) is 0 Å². The van der Waals surface area contributed by atoms with Crippen LogP contribution in [0.5, 0.6) is 0 Å². The summed E-state index contributed by atoms with van der Waals surface area (Å²) in [6, 6.07) is 0.308. The maximum atomic E-state index is 12.0. The van der Waals surface area contributed by atoms with Crippen LogP contribution in [0, 0.1) is 5.92 Å². The highest BCUT2D eigenvalue weighted by Gasteiger charge is 2.30. The molecule has 2 saturated heterocycles. The molecule has 1 N–H and O–H groups in total. The third kappa shape index (κ3) is 1.91. The molecule has 4 nitrogen and oxygen atoms in total. The van der Waals surface area contributed by atoms with Crippen LogP contribution in [0.2, 0.25) is 0 Å². The van der Waals surface area contributed by atoms with Gasteiger partial charge in [0.1, 0.15) is 0 Å². The highest BCUT2D eigenvalue weighted by molar-refractivity contribution is 5.79. The molecular formula is C10H18N2O2. The molecule has 2 atom stereocenters. The van der Waals surface area contributed by atoms with Crippen molar-refractivity contribution in [2.24, 2.45) is 5.92 Å². The van der Waals surface area contributed by atoms with E-state index in [0.29, 0.717) is 12.6 Å². The summed E-state index contributed by atoms with van der Waals surface area (Å²) in [4.78, 5) is 13.8. The van der Waals surface area contributed by atoms with Gasteiger partial charge in [0.2, 0.25) is 5.91 Å². The van der Waals surface area contributed by atoms with Crippen molar-refractivity contribution in [3.05, 3.63) is 0 Å². The first-order valence-electron chi connectivity index (χ1n) is 5.34. The van der Waals surface area contributed by atoms with Gasteiger partial charge in [-0.1, -0.05) is 0 Å². The second-order valence-electron chi connectivity index (χ2n) is 4.16. The normalized spacial score (nSPS) is 32.1. The van der Waals surface area contributed by atoms with Gasteiger partial charge in [-0.05, 0) is 19.4 Å². The van der Waals surface area contributed by atoms with Crippen molar-refractivity contribution in [3.8, 4) is 0 Å². The molecule has 0 bridgehead atoms. The number of hydrogen-bond acceptors (Lipinski definition) is 3. The molecule has 80 valence electrons. The van der Waals surface area contributed by atoms with Gasteiger partial charge in [0.15, 0.2) is 0 Å².